The molecule has 1 fully saturated rings. The van der Waals surface area contributed by atoms with E-state index >= 15 is 0 Å². The third-order valence-corrected chi connectivity index (χ3v) is 3.61. The van der Waals surface area contributed by atoms with Gasteiger partial charge in [-0.05, 0) is 37.5 Å². The molecule has 7 heteroatoms. The number of hydrogen-bond acceptors (Lipinski definition) is 3. The van der Waals surface area contributed by atoms with Crippen LogP contribution in [0.2, 0.25) is 0 Å². The van der Waals surface area contributed by atoms with Crippen LogP contribution in [0.4, 0.5) is 8.78 Å². The summed E-state index contributed by atoms with van der Waals surface area (Å²) in [5.41, 5.74) is 0.315. The Morgan fingerprint density at radius 2 is 1.91 bits per heavy atom. The molecule has 1 aliphatic rings. The number of hydrogen-bond donors (Lipinski definition) is 2. The molecule has 0 radical (unpaired) electrons. The van der Waals surface area contributed by atoms with Gasteiger partial charge in [0.15, 0.2) is 0 Å². The normalized spacial score (nSPS) is 15.6. The number of carboxylic acid groups (broad SMARTS) is 1. The summed E-state index contributed by atoms with van der Waals surface area (Å²) < 4.78 is 26.1. The highest BCUT2D eigenvalue weighted by atomic mass is 19.1. The van der Waals surface area contributed by atoms with Crippen LogP contribution in [0, 0.1) is 11.6 Å². The fourth-order valence-corrected chi connectivity index (χ4v) is 2.27. The van der Waals surface area contributed by atoms with E-state index in [9.17, 15) is 18.4 Å². The van der Waals surface area contributed by atoms with Gasteiger partial charge in [0, 0.05) is 18.7 Å². The lowest BCUT2D eigenvalue weighted by Gasteiger charge is -2.25. The van der Waals surface area contributed by atoms with Gasteiger partial charge in [0.1, 0.15) is 17.7 Å². The van der Waals surface area contributed by atoms with Crippen molar-refractivity contribution in [3.05, 3.63) is 35.4 Å². The predicted molar refractivity (Wildman–Crippen MR) is 75.0 cm³/mol. The zero-order valence-electron chi connectivity index (χ0n) is 12.2. The molecule has 1 aromatic rings. The molecule has 22 heavy (non-hydrogen) atoms. The highest BCUT2D eigenvalue weighted by Crippen LogP contribution is 2.28. The summed E-state index contributed by atoms with van der Waals surface area (Å²) >= 11 is 0. The van der Waals surface area contributed by atoms with Gasteiger partial charge in [-0.3, -0.25) is 14.5 Å². The summed E-state index contributed by atoms with van der Waals surface area (Å²) in [4.78, 5) is 24.6. The van der Waals surface area contributed by atoms with Crippen LogP contribution in [0.3, 0.4) is 0 Å². The summed E-state index contributed by atoms with van der Waals surface area (Å²) in [5.74, 6) is -2.76. The minimum Gasteiger partial charge on any atom is -0.480 e. The van der Waals surface area contributed by atoms with Crippen molar-refractivity contribution in [3.8, 4) is 0 Å². The molecule has 1 saturated carbocycles. The minimum absolute atomic E-state index is 0.00648. The average molecular weight is 312 g/mol. The molecule has 120 valence electrons. The van der Waals surface area contributed by atoms with Gasteiger partial charge in [0.05, 0.1) is 6.54 Å². The van der Waals surface area contributed by atoms with Crippen molar-refractivity contribution >= 4 is 11.9 Å². The molecule has 1 atom stereocenters. The van der Waals surface area contributed by atoms with E-state index in [-0.39, 0.29) is 25.0 Å². The molecular weight excluding hydrogens is 294 g/mol. The Kier molecular flexibility index (Phi) is 5.07. The van der Waals surface area contributed by atoms with Gasteiger partial charge >= 0.3 is 5.97 Å². The van der Waals surface area contributed by atoms with E-state index in [0.717, 1.165) is 31.0 Å². The number of nitrogens with zero attached hydrogens (tertiary/aromatic N) is 1. The third kappa shape index (κ3) is 4.49. The van der Waals surface area contributed by atoms with Gasteiger partial charge in [0.2, 0.25) is 5.91 Å². The molecule has 0 aromatic heterocycles. The number of amides is 1. The molecule has 0 bridgehead atoms. The Labute approximate surface area is 126 Å². The van der Waals surface area contributed by atoms with Crippen LogP contribution in [-0.4, -0.2) is 40.5 Å². The van der Waals surface area contributed by atoms with E-state index in [4.69, 9.17) is 5.11 Å². The van der Waals surface area contributed by atoms with Crippen molar-refractivity contribution in [2.75, 3.05) is 6.54 Å². The van der Waals surface area contributed by atoms with Crippen LogP contribution in [-0.2, 0) is 16.1 Å². The molecule has 1 aliphatic carbocycles. The minimum atomic E-state index is -0.980. The van der Waals surface area contributed by atoms with E-state index in [0.29, 0.717) is 5.56 Å². The van der Waals surface area contributed by atoms with Crippen LogP contribution in [0.5, 0.6) is 0 Å². The molecular formula is C15H18F2N2O3. The highest BCUT2D eigenvalue weighted by molar-refractivity contribution is 5.80. The summed E-state index contributed by atoms with van der Waals surface area (Å²) in [7, 11) is 0. The first kappa shape index (κ1) is 16.4. The number of nitrogens with one attached hydrogen (secondary N) is 1. The van der Waals surface area contributed by atoms with Gasteiger partial charge in [0.25, 0.3) is 0 Å². The van der Waals surface area contributed by atoms with Crippen molar-refractivity contribution in [3.63, 3.8) is 0 Å². The Morgan fingerprint density at radius 1 is 1.32 bits per heavy atom. The van der Waals surface area contributed by atoms with Gasteiger partial charge in [-0.15, -0.1) is 0 Å². The molecule has 0 heterocycles. The fourth-order valence-electron chi connectivity index (χ4n) is 2.27. The van der Waals surface area contributed by atoms with Gasteiger partial charge < -0.3 is 10.4 Å². The van der Waals surface area contributed by atoms with E-state index in [1.54, 1.807) is 4.90 Å². The van der Waals surface area contributed by atoms with Crippen molar-refractivity contribution in [1.29, 1.82) is 0 Å². The second-order valence-corrected chi connectivity index (χ2v) is 5.47. The van der Waals surface area contributed by atoms with E-state index in [1.807, 2.05) is 0 Å². The van der Waals surface area contributed by atoms with E-state index in [1.165, 1.54) is 6.92 Å². The molecule has 0 saturated heterocycles. The van der Waals surface area contributed by atoms with Gasteiger partial charge in [-0.1, -0.05) is 0 Å². The average Bonchev–Trinajstić information content (AvgIpc) is 3.25. The Bertz CT molecular complexity index is 556. The largest absolute Gasteiger partial charge is 0.480 e. The number of halogens is 2. The summed E-state index contributed by atoms with van der Waals surface area (Å²) in [6.07, 6.45) is 1.75. The molecule has 2 rings (SSSR count). The lowest BCUT2D eigenvalue weighted by atomic mass is 10.2. The summed E-state index contributed by atoms with van der Waals surface area (Å²) in [6.45, 7) is 1.49. The molecule has 0 spiro atoms. The van der Waals surface area contributed by atoms with Crippen LogP contribution in [0.25, 0.3) is 0 Å². The first-order valence-corrected chi connectivity index (χ1v) is 7.07. The van der Waals surface area contributed by atoms with Crippen LogP contribution < -0.4 is 5.32 Å². The van der Waals surface area contributed by atoms with Crippen LogP contribution >= 0.6 is 0 Å². The molecule has 1 amide bonds. The Balaban J connectivity index is 1.89. The lowest BCUT2D eigenvalue weighted by molar-refractivity contribution is -0.143. The van der Waals surface area contributed by atoms with Crippen molar-refractivity contribution < 1.29 is 23.5 Å². The first-order chi connectivity index (χ1) is 10.4. The topological polar surface area (TPSA) is 69.6 Å². The monoisotopic (exact) mass is 312 g/mol. The molecule has 1 unspecified atom stereocenters. The van der Waals surface area contributed by atoms with Crippen LogP contribution in [0.15, 0.2) is 18.2 Å². The molecule has 1 aromatic carbocycles. The highest BCUT2D eigenvalue weighted by Gasteiger charge is 2.36. The van der Waals surface area contributed by atoms with E-state index < -0.39 is 23.6 Å². The molecule has 2 N–H and O–H groups in total. The van der Waals surface area contributed by atoms with Gasteiger partial charge in [-0.25, -0.2) is 8.78 Å². The molecule has 0 aliphatic heterocycles. The Morgan fingerprint density at radius 3 is 2.41 bits per heavy atom. The molecule has 5 nitrogen and oxygen atoms in total. The SMILES string of the molecule is CC(C(=O)O)N(CC(=O)NCc1cc(F)cc(F)c1)C1CC1. The standard InChI is InChI=1S/C15H18F2N2O3/c1-9(15(21)22)19(13-2-3-13)8-14(20)18-7-10-4-11(16)6-12(17)5-10/h4-6,9,13H,2-3,7-8H2,1H3,(H,18,20)(H,21,22). The summed E-state index contributed by atoms with van der Waals surface area (Å²) in [5, 5.41) is 11.6. The maximum atomic E-state index is 13.0. The number of carbonyl (C=O) groups excluding carboxylic acids is 1. The summed E-state index contributed by atoms with van der Waals surface area (Å²) in [6, 6.07) is 2.41. The zero-order chi connectivity index (χ0) is 16.3. The smallest absolute Gasteiger partial charge is 0.320 e. The fraction of sp³-hybridized carbons (Fsp3) is 0.467. The maximum absolute atomic E-state index is 13.0. The number of aliphatic carboxylic acids is 1. The Hall–Kier alpha value is -2.02. The number of benzene rings is 1. The van der Waals surface area contributed by atoms with Gasteiger partial charge in [-0.2, -0.15) is 0 Å². The number of carboxylic acids is 1. The number of rotatable bonds is 7. The predicted octanol–water partition coefficient (Wildman–Crippen LogP) is 1.52. The third-order valence-electron chi connectivity index (χ3n) is 3.61. The lowest BCUT2D eigenvalue weighted by Crippen LogP contribution is -2.46. The maximum Gasteiger partial charge on any atom is 0.320 e. The quantitative estimate of drug-likeness (QED) is 0.801. The zero-order valence-corrected chi connectivity index (χ0v) is 12.2. The number of carbonyl (C=O) groups is 2. The van der Waals surface area contributed by atoms with Crippen molar-refractivity contribution in [2.45, 2.75) is 38.4 Å². The second-order valence-electron chi connectivity index (χ2n) is 5.47. The van der Waals surface area contributed by atoms with E-state index in [2.05, 4.69) is 5.32 Å². The van der Waals surface area contributed by atoms with Crippen molar-refractivity contribution in [2.24, 2.45) is 0 Å². The van der Waals surface area contributed by atoms with Crippen molar-refractivity contribution in [1.82, 2.24) is 10.2 Å². The first-order valence-electron chi connectivity index (χ1n) is 7.07. The second kappa shape index (κ2) is 6.83. The van der Waals surface area contributed by atoms with Crippen LogP contribution in [0.1, 0.15) is 25.3 Å².